The lowest BCUT2D eigenvalue weighted by Gasteiger charge is -2.32. The van der Waals surface area contributed by atoms with E-state index in [4.69, 9.17) is 18.8 Å². The fourth-order valence-electron chi connectivity index (χ4n) is 5.14. The molecule has 0 atom stereocenters. The Hall–Kier alpha value is -3.62. The molecule has 1 N–H and O–H groups in total. The molecule has 1 amide bonds. The van der Waals surface area contributed by atoms with Crippen molar-refractivity contribution in [1.82, 2.24) is 5.32 Å². The lowest BCUT2D eigenvalue weighted by atomic mass is 9.77. The van der Waals surface area contributed by atoms with Crippen molar-refractivity contribution in [1.29, 1.82) is 0 Å². The molecule has 40 heavy (non-hydrogen) atoms. The molecule has 1 fully saturated rings. The van der Waals surface area contributed by atoms with Crippen molar-refractivity contribution in [2.75, 3.05) is 19.8 Å². The number of rotatable bonds is 8. The lowest BCUT2D eigenvalue weighted by Crippen LogP contribution is -2.41. The molecule has 3 aromatic carbocycles. The summed E-state index contributed by atoms with van der Waals surface area (Å²) in [6.45, 7) is 10.4. The third-order valence-corrected chi connectivity index (χ3v) is 7.95. The van der Waals surface area contributed by atoms with Gasteiger partial charge in [-0.05, 0) is 80.5 Å². The molecule has 0 saturated carbocycles. The maximum Gasteiger partial charge on any atom is 0.492 e. The minimum atomic E-state index is -0.753. The zero-order chi connectivity index (χ0) is 28.5. The third kappa shape index (κ3) is 5.51. The van der Waals surface area contributed by atoms with Crippen LogP contribution in [0.15, 0.2) is 72.2 Å². The first-order valence-corrected chi connectivity index (χ1v) is 13.7. The first kappa shape index (κ1) is 27.9. The molecular formula is C32H35BFNO5. The van der Waals surface area contributed by atoms with Crippen molar-refractivity contribution >= 4 is 19.3 Å². The Labute approximate surface area is 235 Å². The fourth-order valence-corrected chi connectivity index (χ4v) is 5.14. The molecule has 0 spiro atoms. The maximum absolute atomic E-state index is 14.2. The second-order valence-electron chi connectivity index (χ2n) is 11.1. The number of amides is 1. The van der Waals surface area contributed by atoms with Crippen molar-refractivity contribution in [3.8, 4) is 16.9 Å². The van der Waals surface area contributed by atoms with Gasteiger partial charge in [0.25, 0.3) is 0 Å². The smallest absolute Gasteiger partial charge is 0.492 e. The van der Waals surface area contributed by atoms with Crippen LogP contribution in [0.4, 0.5) is 9.18 Å². The van der Waals surface area contributed by atoms with Crippen LogP contribution < -0.4 is 10.1 Å². The Bertz CT molecular complexity index is 1370. The van der Waals surface area contributed by atoms with Gasteiger partial charge in [0, 0.05) is 18.0 Å². The van der Waals surface area contributed by atoms with E-state index < -0.39 is 30.2 Å². The van der Waals surface area contributed by atoms with Crippen molar-refractivity contribution in [3.05, 3.63) is 94.7 Å². The quantitative estimate of drug-likeness (QED) is 0.318. The molecule has 0 unspecified atom stereocenters. The van der Waals surface area contributed by atoms with E-state index in [0.717, 1.165) is 11.1 Å². The molecule has 1 aliphatic carbocycles. The number of nitrogens with one attached hydrogen (secondary N) is 1. The Morgan fingerprint density at radius 3 is 2.17 bits per heavy atom. The highest BCUT2D eigenvalue weighted by molar-refractivity contribution is 6.56. The van der Waals surface area contributed by atoms with E-state index in [9.17, 15) is 9.18 Å². The topological polar surface area (TPSA) is 66.0 Å². The highest BCUT2D eigenvalue weighted by atomic mass is 19.1. The maximum atomic E-state index is 14.2. The van der Waals surface area contributed by atoms with Crippen LogP contribution in [0, 0.1) is 5.82 Å². The number of hydrogen-bond acceptors (Lipinski definition) is 5. The number of benzene rings is 3. The van der Waals surface area contributed by atoms with Gasteiger partial charge >= 0.3 is 13.2 Å². The first-order valence-electron chi connectivity index (χ1n) is 13.7. The number of carbonyl (C=O) groups is 1. The molecule has 5 rings (SSSR count). The Kier molecular flexibility index (Phi) is 7.75. The van der Waals surface area contributed by atoms with E-state index >= 15 is 0 Å². The van der Waals surface area contributed by atoms with E-state index in [0.29, 0.717) is 23.4 Å². The predicted octanol–water partition coefficient (Wildman–Crippen LogP) is 6.78. The van der Waals surface area contributed by atoms with Gasteiger partial charge in [-0.3, -0.25) is 0 Å². The largest absolute Gasteiger partial charge is 0.493 e. The summed E-state index contributed by atoms with van der Waals surface area (Å²) in [4.78, 5) is 12.9. The van der Waals surface area contributed by atoms with Crippen molar-refractivity contribution < 1.29 is 28.0 Å². The normalized spacial score (nSPS) is 17.4. The van der Waals surface area contributed by atoms with E-state index in [2.05, 4.69) is 29.6 Å². The SMILES string of the molecule is CCOc1ccc(F)cc1C=C(CNC(=O)OCC1c2ccccc2-c2ccccc21)B1OC(C)(C)C(C)(C)O1. The van der Waals surface area contributed by atoms with Crippen molar-refractivity contribution in [2.45, 2.75) is 51.7 Å². The average molecular weight is 543 g/mol. The average Bonchev–Trinajstić information content (AvgIpc) is 3.35. The van der Waals surface area contributed by atoms with Crippen molar-refractivity contribution in [3.63, 3.8) is 0 Å². The molecule has 1 saturated heterocycles. The van der Waals surface area contributed by atoms with Crippen molar-refractivity contribution in [2.24, 2.45) is 0 Å². The summed E-state index contributed by atoms with van der Waals surface area (Å²) >= 11 is 0. The van der Waals surface area contributed by atoms with E-state index in [-0.39, 0.29) is 19.1 Å². The highest BCUT2D eigenvalue weighted by Gasteiger charge is 2.52. The predicted molar refractivity (Wildman–Crippen MR) is 155 cm³/mol. The molecule has 208 valence electrons. The van der Waals surface area contributed by atoms with Gasteiger partial charge in [-0.15, -0.1) is 0 Å². The molecule has 1 heterocycles. The molecule has 8 heteroatoms. The summed E-state index contributed by atoms with van der Waals surface area (Å²) in [5.74, 6) is 0.0869. The second-order valence-corrected chi connectivity index (χ2v) is 11.1. The van der Waals surface area contributed by atoms with Gasteiger partial charge < -0.3 is 24.1 Å². The van der Waals surface area contributed by atoms with Gasteiger partial charge in [0.1, 0.15) is 18.2 Å². The Morgan fingerprint density at radius 1 is 0.975 bits per heavy atom. The van der Waals surface area contributed by atoms with E-state index in [1.54, 1.807) is 12.1 Å². The Balaban J connectivity index is 1.33. The number of ether oxygens (including phenoxy) is 2. The van der Waals surface area contributed by atoms with Crippen LogP contribution >= 0.6 is 0 Å². The molecule has 0 bridgehead atoms. The monoisotopic (exact) mass is 543 g/mol. The summed E-state index contributed by atoms with van der Waals surface area (Å²) in [6, 6.07) is 20.7. The summed E-state index contributed by atoms with van der Waals surface area (Å²) in [5.41, 5.74) is 4.57. The van der Waals surface area contributed by atoms with Gasteiger partial charge in [0.2, 0.25) is 0 Å². The molecule has 0 radical (unpaired) electrons. The van der Waals surface area contributed by atoms with Crippen LogP contribution in [-0.2, 0) is 14.0 Å². The summed E-state index contributed by atoms with van der Waals surface area (Å²) < 4.78 is 38.2. The van der Waals surface area contributed by atoms with Crippen LogP contribution in [0.3, 0.4) is 0 Å². The van der Waals surface area contributed by atoms with E-state index in [1.165, 1.54) is 23.3 Å². The van der Waals surface area contributed by atoms with E-state index in [1.807, 2.05) is 58.9 Å². The summed E-state index contributed by atoms with van der Waals surface area (Å²) in [5, 5.41) is 2.85. The summed E-state index contributed by atoms with van der Waals surface area (Å²) in [7, 11) is -0.753. The van der Waals surface area contributed by atoms with Crippen LogP contribution in [-0.4, -0.2) is 44.2 Å². The number of alkyl carbamates (subject to hydrolysis) is 1. The van der Waals surface area contributed by atoms with Gasteiger partial charge in [-0.2, -0.15) is 0 Å². The zero-order valence-corrected chi connectivity index (χ0v) is 23.6. The van der Waals surface area contributed by atoms with Crippen LogP contribution in [0.25, 0.3) is 17.2 Å². The molecule has 1 aliphatic heterocycles. The highest BCUT2D eigenvalue weighted by Crippen LogP contribution is 2.44. The zero-order valence-electron chi connectivity index (χ0n) is 23.6. The number of fused-ring (bicyclic) bond motifs is 3. The molecule has 6 nitrogen and oxygen atoms in total. The number of carbonyl (C=O) groups excluding carboxylic acids is 1. The van der Waals surface area contributed by atoms with Gasteiger partial charge in [-0.25, -0.2) is 9.18 Å². The van der Waals surface area contributed by atoms with Crippen LogP contribution in [0.2, 0.25) is 0 Å². The molecular weight excluding hydrogens is 508 g/mol. The van der Waals surface area contributed by atoms with Gasteiger partial charge in [-0.1, -0.05) is 54.6 Å². The fraction of sp³-hybridized carbons (Fsp3) is 0.344. The second kappa shape index (κ2) is 11.1. The van der Waals surface area contributed by atoms with Gasteiger partial charge in [0.05, 0.1) is 17.8 Å². The lowest BCUT2D eigenvalue weighted by molar-refractivity contribution is 0.00578. The minimum Gasteiger partial charge on any atom is -0.493 e. The third-order valence-electron chi connectivity index (χ3n) is 7.95. The number of halogens is 1. The first-order chi connectivity index (χ1) is 19.1. The molecule has 3 aromatic rings. The minimum absolute atomic E-state index is 0.0442. The summed E-state index contributed by atoms with van der Waals surface area (Å²) in [6.07, 6.45) is 1.19. The van der Waals surface area contributed by atoms with Crippen LogP contribution in [0.5, 0.6) is 5.75 Å². The Morgan fingerprint density at radius 2 is 1.57 bits per heavy atom. The molecule has 2 aliphatic rings. The van der Waals surface area contributed by atoms with Crippen LogP contribution in [0.1, 0.15) is 57.2 Å². The number of hydrogen-bond donors (Lipinski definition) is 1. The standard InChI is InChI=1S/C32H35BFNO5/c1-6-37-29-16-15-23(34)18-21(29)17-22(33-39-31(2,3)32(4,5)40-33)19-35-30(36)38-20-28-26-13-9-7-11-24(26)25-12-8-10-14-27(25)28/h7-18,28H,6,19-20H2,1-5H3,(H,35,36). The molecule has 0 aromatic heterocycles. The van der Waals surface area contributed by atoms with Gasteiger partial charge in [0.15, 0.2) is 0 Å².